The number of hydrogen-bond donors (Lipinski definition) is 1. The van der Waals surface area contributed by atoms with Gasteiger partial charge in [0, 0.05) is 13.1 Å². The van der Waals surface area contributed by atoms with Crippen molar-refractivity contribution in [3.8, 4) is 0 Å². The zero-order valence-electron chi connectivity index (χ0n) is 11.8. The Kier molecular flexibility index (Phi) is 4.03. The van der Waals surface area contributed by atoms with Gasteiger partial charge in [-0.3, -0.25) is 4.79 Å². The molecular weight excluding hydrogens is 252 g/mol. The van der Waals surface area contributed by atoms with Crippen LogP contribution in [0.4, 0.5) is 0 Å². The summed E-state index contributed by atoms with van der Waals surface area (Å²) < 4.78 is 5.87. The van der Waals surface area contributed by atoms with Crippen LogP contribution >= 0.6 is 0 Å². The van der Waals surface area contributed by atoms with Crippen LogP contribution in [0.3, 0.4) is 0 Å². The average molecular weight is 274 g/mol. The highest BCUT2D eigenvalue weighted by molar-refractivity contribution is 5.78. The molecule has 0 unspecified atom stereocenters. The maximum absolute atomic E-state index is 12.0. The van der Waals surface area contributed by atoms with E-state index in [4.69, 9.17) is 4.74 Å². The Morgan fingerprint density at radius 2 is 1.95 bits per heavy atom. The molecule has 20 heavy (non-hydrogen) atoms. The normalized spacial score (nSPS) is 22.2. The second-order valence-corrected chi connectivity index (χ2v) is 5.77. The van der Waals surface area contributed by atoms with Crippen LogP contribution in [0.2, 0.25) is 0 Å². The van der Waals surface area contributed by atoms with Gasteiger partial charge in [0.15, 0.2) is 0 Å². The molecule has 1 aromatic rings. The summed E-state index contributed by atoms with van der Waals surface area (Å²) in [5.41, 5.74) is 1.18. The van der Waals surface area contributed by atoms with E-state index < -0.39 is 0 Å². The summed E-state index contributed by atoms with van der Waals surface area (Å²) in [7, 11) is 0. The van der Waals surface area contributed by atoms with E-state index in [0.717, 1.165) is 45.4 Å². The molecule has 0 bridgehead atoms. The smallest absolute Gasteiger partial charge is 0.248 e. The van der Waals surface area contributed by atoms with Crippen molar-refractivity contribution < 1.29 is 9.53 Å². The summed E-state index contributed by atoms with van der Waals surface area (Å²) in [6.45, 7) is 3.76. The lowest BCUT2D eigenvalue weighted by molar-refractivity contribution is -0.167. The summed E-state index contributed by atoms with van der Waals surface area (Å²) in [5.74, 6) is 0.130. The zero-order valence-corrected chi connectivity index (χ0v) is 11.8. The van der Waals surface area contributed by atoms with Gasteiger partial charge < -0.3 is 15.0 Å². The van der Waals surface area contributed by atoms with Gasteiger partial charge in [0.05, 0.1) is 5.60 Å². The second kappa shape index (κ2) is 5.94. The molecule has 1 aromatic carbocycles. The Morgan fingerprint density at radius 3 is 2.70 bits per heavy atom. The molecule has 0 saturated carbocycles. The lowest BCUT2D eigenvalue weighted by Crippen LogP contribution is -2.58. The van der Waals surface area contributed by atoms with Crippen LogP contribution in [0.15, 0.2) is 30.3 Å². The topological polar surface area (TPSA) is 41.6 Å². The summed E-state index contributed by atoms with van der Waals surface area (Å²) in [6, 6.07) is 10.3. The van der Waals surface area contributed by atoms with Crippen molar-refractivity contribution in [3.05, 3.63) is 35.9 Å². The van der Waals surface area contributed by atoms with E-state index in [1.54, 1.807) is 0 Å². The van der Waals surface area contributed by atoms with Gasteiger partial charge in [-0.15, -0.1) is 0 Å². The van der Waals surface area contributed by atoms with E-state index >= 15 is 0 Å². The van der Waals surface area contributed by atoms with Crippen molar-refractivity contribution in [2.45, 2.75) is 24.9 Å². The predicted molar refractivity (Wildman–Crippen MR) is 77.5 cm³/mol. The van der Waals surface area contributed by atoms with E-state index in [1.165, 1.54) is 5.56 Å². The predicted octanol–water partition coefficient (Wildman–Crippen LogP) is 1.21. The highest BCUT2D eigenvalue weighted by Gasteiger charge is 2.40. The molecule has 1 N–H and O–H groups in total. The van der Waals surface area contributed by atoms with Gasteiger partial charge in [0.2, 0.25) is 5.91 Å². The van der Waals surface area contributed by atoms with Crippen molar-refractivity contribution in [3.63, 3.8) is 0 Å². The first-order valence-electron chi connectivity index (χ1n) is 7.44. The number of benzene rings is 1. The Labute approximate surface area is 120 Å². The van der Waals surface area contributed by atoms with Gasteiger partial charge in [-0.05, 0) is 37.9 Å². The van der Waals surface area contributed by atoms with Gasteiger partial charge in [-0.2, -0.15) is 0 Å². The van der Waals surface area contributed by atoms with E-state index in [9.17, 15) is 4.79 Å². The fourth-order valence-electron chi connectivity index (χ4n) is 3.09. The van der Waals surface area contributed by atoms with Gasteiger partial charge in [-0.25, -0.2) is 0 Å². The number of rotatable bonds is 3. The summed E-state index contributed by atoms with van der Waals surface area (Å²) >= 11 is 0. The van der Waals surface area contributed by atoms with Gasteiger partial charge >= 0.3 is 0 Å². The van der Waals surface area contributed by atoms with E-state index in [0.29, 0.717) is 0 Å². The number of piperidine rings is 1. The summed E-state index contributed by atoms with van der Waals surface area (Å²) in [4.78, 5) is 14.0. The Morgan fingerprint density at radius 1 is 1.20 bits per heavy atom. The minimum atomic E-state index is -0.101. The highest BCUT2D eigenvalue weighted by atomic mass is 16.5. The monoisotopic (exact) mass is 274 g/mol. The minimum Gasteiger partial charge on any atom is -0.363 e. The van der Waals surface area contributed by atoms with Crippen LogP contribution in [-0.2, 0) is 16.0 Å². The zero-order chi connectivity index (χ0) is 13.8. The molecule has 2 saturated heterocycles. The molecule has 108 valence electrons. The highest BCUT2D eigenvalue weighted by Crippen LogP contribution is 2.27. The van der Waals surface area contributed by atoms with Crippen LogP contribution in [0.1, 0.15) is 18.4 Å². The molecule has 4 heteroatoms. The van der Waals surface area contributed by atoms with E-state index in [1.807, 2.05) is 23.1 Å². The van der Waals surface area contributed by atoms with E-state index in [-0.39, 0.29) is 18.1 Å². The van der Waals surface area contributed by atoms with Crippen LogP contribution in [0, 0.1) is 0 Å². The van der Waals surface area contributed by atoms with Gasteiger partial charge in [-0.1, -0.05) is 30.3 Å². The number of carbonyl (C=O) groups is 1. The fraction of sp³-hybridized carbons (Fsp3) is 0.562. The minimum absolute atomic E-state index is 0.101. The second-order valence-electron chi connectivity index (χ2n) is 5.77. The molecular formula is C16H22N2O2. The Hall–Kier alpha value is -1.39. The number of hydrogen-bond acceptors (Lipinski definition) is 3. The summed E-state index contributed by atoms with van der Waals surface area (Å²) in [6.07, 6.45) is 2.92. The maximum Gasteiger partial charge on any atom is 0.248 e. The summed E-state index contributed by atoms with van der Waals surface area (Å²) in [5, 5.41) is 3.36. The largest absolute Gasteiger partial charge is 0.363 e. The molecule has 4 nitrogen and oxygen atoms in total. The Bertz CT molecular complexity index is 455. The van der Waals surface area contributed by atoms with Gasteiger partial charge in [0.1, 0.15) is 6.61 Å². The molecule has 2 fully saturated rings. The molecule has 0 aromatic heterocycles. The molecule has 0 radical (unpaired) electrons. The molecule has 0 aliphatic carbocycles. The number of carbonyl (C=O) groups excluding carboxylic acids is 1. The number of nitrogens with one attached hydrogen (secondary N) is 1. The molecule has 0 atom stereocenters. The van der Waals surface area contributed by atoms with Crippen molar-refractivity contribution in [2.75, 3.05) is 32.8 Å². The fourth-order valence-corrected chi connectivity index (χ4v) is 3.09. The van der Waals surface area contributed by atoms with Crippen molar-refractivity contribution >= 4 is 5.91 Å². The van der Waals surface area contributed by atoms with Crippen LogP contribution in [0.5, 0.6) is 0 Å². The number of amides is 1. The van der Waals surface area contributed by atoms with Crippen LogP contribution in [0.25, 0.3) is 0 Å². The third-order valence-electron chi connectivity index (χ3n) is 4.36. The maximum atomic E-state index is 12.0. The van der Waals surface area contributed by atoms with Crippen LogP contribution in [-0.4, -0.2) is 49.2 Å². The molecule has 2 aliphatic heterocycles. The molecule has 3 rings (SSSR count). The first-order valence-corrected chi connectivity index (χ1v) is 7.44. The third-order valence-corrected chi connectivity index (χ3v) is 4.36. The van der Waals surface area contributed by atoms with E-state index in [2.05, 4.69) is 17.4 Å². The molecule has 1 spiro atoms. The molecule has 1 amide bonds. The quantitative estimate of drug-likeness (QED) is 0.901. The average Bonchev–Trinajstić information content (AvgIpc) is 2.50. The Balaban J connectivity index is 1.61. The molecule has 2 aliphatic rings. The lowest BCUT2D eigenvalue weighted by Gasteiger charge is -2.44. The molecule has 2 heterocycles. The van der Waals surface area contributed by atoms with Gasteiger partial charge in [0.25, 0.3) is 0 Å². The van der Waals surface area contributed by atoms with Crippen LogP contribution < -0.4 is 5.32 Å². The van der Waals surface area contributed by atoms with Crippen molar-refractivity contribution in [1.82, 2.24) is 10.2 Å². The SMILES string of the molecule is O=C1COC2(CCNCC2)CN1CCc1ccccc1. The number of nitrogens with zero attached hydrogens (tertiary/aromatic N) is 1. The standard InChI is InChI=1S/C16H22N2O2/c19-15-12-20-16(7-9-17-10-8-16)13-18(15)11-6-14-4-2-1-3-5-14/h1-5,17H,6-13H2. The first kappa shape index (κ1) is 13.6. The third kappa shape index (κ3) is 3.02. The van der Waals surface area contributed by atoms with Crippen molar-refractivity contribution in [2.24, 2.45) is 0 Å². The van der Waals surface area contributed by atoms with Crippen molar-refractivity contribution in [1.29, 1.82) is 0 Å². The number of morpholine rings is 1. The first-order chi connectivity index (χ1) is 9.77. The number of ether oxygens (including phenoxy) is 1. The lowest BCUT2D eigenvalue weighted by atomic mass is 9.90.